The van der Waals surface area contributed by atoms with Gasteiger partial charge in [0.05, 0.1) is 14.2 Å². The third kappa shape index (κ3) is 5.38. The molecule has 48 heavy (non-hydrogen) atoms. The van der Waals surface area contributed by atoms with Crippen LogP contribution in [0.5, 0.6) is 11.5 Å². The SMILES string of the molecule is COc1ccc(-c2c(-c3ccc(OC)cc3)c3ccc(cc3)c3ccccc3c3ccc(cc3)c3ccccc3c3ccc2cc3)cc1. The van der Waals surface area contributed by atoms with E-state index in [0.717, 1.165) is 44.5 Å². The van der Waals surface area contributed by atoms with Crippen LogP contribution in [0, 0.1) is 0 Å². The lowest BCUT2D eigenvalue weighted by Crippen LogP contribution is -1.89. The molecule has 0 atom stereocenters. The van der Waals surface area contributed by atoms with E-state index in [1.165, 1.54) is 43.1 Å². The molecule has 0 fully saturated rings. The number of methoxy groups -OCH3 is 2. The minimum absolute atomic E-state index is 0.827. The van der Waals surface area contributed by atoms with Crippen LogP contribution < -0.4 is 9.47 Å². The predicted molar refractivity (Wildman–Crippen MR) is 204 cm³/mol. The number of fused-ring (bicyclic) bond motifs is 3. The summed E-state index contributed by atoms with van der Waals surface area (Å²) >= 11 is 0. The van der Waals surface area contributed by atoms with Crippen LogP contribution in [0.15, 0.2) is 170 Å². The van der Waals surface area contributed by atoms with Crippen LogP contribution in [0.2, 0.25) is 0 Å². The minimum atomic E-state index is 0.827. The van der Waals surface area contributed by atoms with E-state index >= 15 is 0 Å². The van der Waals surface area contributed by atoms with Crippen molar-refractivity contribution in [2.24, 2.45) is 0 Å². The normalized spacial score (nSPS) is 11.1. The van der Waals surface area contributed by atoms with Gasteiger partial charge in [-0.15, -0.1) is 0 Å². The maximum absolute atomic E-state index is 5.55. The Hall–Kier alpha value is -6.12. The molecule has 0 amide bonds. The Morgan fingerprint density at radius 3 is 0.771 bits per heavy atom. The molecule has 6 bridgehead atoms. The lowest BCUT2D eigenvalue weighted by Gasteiger charge is -2.14. The topological polar surface area (TPSA) is 18.5 Å². The second-order valence-corrected chi connectivity index (χ2v) is 12.0. The summed E-state index contributed by atoms with van der Waals surface area (Å²) in [5.41, 5.74) is 4.51. The second kappa shape index (κ2) is 12.6. The van der Waals surface area contributed by atoms with Crippen molar-refractivity contribution >= 4 is 53.9 Å². The van der Waals surface area contributed by atoms with Gasteiger partial charge >= 0.3 is 0 Å². The standard InChI is InChI=1S/C46H34O2/c1-47-39-27-23-37(24-28-39)45-35-19-15-33(16-20-35)43-9-5-3-7-41(43)31-11-13-32(14-12-31)42-8-4-6-10-44(42)34-17-21-36(22-18-34)46(45)38-25-29-40(48-2)30-26-38/h3-30H,1-2H3. The van der Waals surface area contributed by atoms with Gasteiger partial charge in [0.25, 0.3) is 0 Å². The van der Waals surface area contributed by atoms with Crippen LogP contribution in [0.3, 0.4) is 0 Å². The molecule has 0 spiro atoms. The molecular weight excluding hydrogens is 585 g/mol. The molecule has 0 aromatic heterocycles. The number of hydrogen-bond donors (Lipinski definition) is 0. The van der Waals surface area contributed by atoms with Crippen LogP contribution >= 0.6 is 0 Å². The van der Waals surface area contributed by atoms with E-state index in [-0.39, 0.29) is 0 Å². The molecule has 0 radical (unpaired) electrons. The molecule has 230 valence electrons. The molecule has 0 N–H and O–H groups in total. The zero-order valence-electron chi connectivity index (χ0n) is 27.0. The monoisotopic (exact) mass is 618 g/mol. The minimum Gasteiger partial charge on any atom is -0.497 e. The first-order valence-corrected chi connectivity index (χ1v) is 16.2. The van der Waals surface area contributed by atoms with E-state index in [0.29, 0.717) is 0 Å². The Kier molecular flexibility index (Phi) is 7.68. The van der Waals surface area contributed by atoms with E-state index in [4.69, 9.17) is 9.47 Å². The summed E-state index contributed by atoms with van der Waals surface area (Å²) in [5, 5.41) is 11.8. The Bertz CT molecular complexity index is 2320. The summed E-state index contributed by atoms with van der Waals surface area (Å²) in [4.78, 5) is 0. The van der Waals surface area contributed by atoms with E-state index < -0.39 is 0 Å². The maximum Gasteiger partial charge on any atom is 0.118 e. The Morgan fingerprint density at radius 2 is 0.521 bits per heavy atom. The molecular formula is C46H34O2. The van der Waals surface area contributed by atoms with Crippen molar-refractivity contribution in [1.82, 2.24) is 0 Å². The number of benzene rings is 7. The molecule has 2 heteroatoms. The van der Waals surface area contributed by atoms with E-state index in [1.807, 2.05) is 24.3 Å². The Labute approximate surface area is 280 Å². The quantitative estimate of drug-likeness (QED) is 0.195. The molecule has 2 nitrogen and oxygen atoms in total. The van der Waals surface area contributed by atoms with Gasteiger partial charge in [0.1, 0.15) is 11.5 Å². The molecule has 11 aromatic carbocycles. The van der Waals surface area contributed by atoms with Crippen LogP contribution in [0.25, 0.3) is 76.1 Å². The summed E-state index contributed by atoms with van der Waals surface area (Å²) in [6.07, 6.45) is 0. The first-order valence-electron chi connectivity index (χ1n) is 16.2. The molecule has 0 aliphatic heterocycles. The molecule has 11 aromatic rings. The number of rotatable bonds is 4. The molecule has 0 saturated heterocycles. The van der Waals surface area contributed by atoms with Gasteiger partial charge in [-0.05, 0) is 100 Å². The molecule has 0 saturated carbocycles. The average molecular weight is 619 g/mol. The van der Waals surface area contributed by atoms with E-state index in [2.05, 4.69) is 146 Å². The van der Waals surface area contributed by atoms with Gasteiger partial charge in [-0.1, -0.05) is 146 Å². The summed E-state index contributed by atoms with van der Waals surface area (Å²) in [6, 6.07) is 61.1. The highest BCUT2D eigenvalue weighted by Gasteiger charge is 2.13. The van der Waals surface area contributed by atoms with Gasteiger partial charge in [-0.2, -0.15) is 0 Å². The first kappa shape index (κ1) is 29.3. The van der Waals surface area contributed by atoms with Crippen LogP contribution in [0.4, 0.5) is 0 Å². The summed E-state index contributed by atoms with van der Waals surface area (Å²) in [5.74, 6) is 1.65. The maximum atomic E-state index is 5.55. The lowest BCUT2D eigenvalue weighted by atomic mass is 9.90. The second-order valence-electron chi connectivity index (χ2n) is 12.0. The Morgan fingerprint density at radius 1 is 0.271 bits per heavy atom. The molecule has 0 aliphatic carbocycles. The third-order valence-electron chi connectivity index (χ3n) is 9.34. The van der Waals surface area contributed by atoms with Crippen LogP contribution in [0.1, 0.15) is 0 Å². The van der Waals surface area contributed by atoms with Crippen LogP contribution in [-0.4, -0.2) is 14.2 Å². The highest BCUT2D eigenvalue weighted by molar-refractivity contribution is 6.10. The van der Waals surface area contributed by atoms with E-state index in [9.17, 15) is 0 Å². The van der Waals surface area contributed by atoms with Crippen molar-refractivity contribution in [1.29, 1.82) is 0 Å². The van der Waals surface area contributed by atoms with Gasteiger partial charge in [0, 0.05) is 0 Å². The van der Waals surface area contributed by atoms with Gasteiger partial charge in [-0.25, -0.2) is 0 Å². The number of hydrogen-bond acceptors (Lipinski definition) is 2. The molecule has 11 rings (SSSR count). The van der Waals surface area contributed by atoms with Gasteiger partial charge in [-0.3, -0.25) is 0 Å². The fourth-order valence-electron chi connectivity index (χ4n) is 6.86. The largest absolute Gasteiger partial charge is 0.497 e. The van der Waals surface area contributed by atoms with Crippen LogP contribution in [-0.2, 0) is 0 Å². The summed E-state index contributed by atoms with van der Waals surface area (Å²) in [7, 11) is 3.41. The Balaban J connectivity index is 1.58. The summed E-state index contributed by atoms with van der Waals surface area (Å²) in [6.45, 7) is 0. The van der Waals surface area contributed by atoms with Crippen molar-refractivity contribution in [3.8, 4) is 33.8 Å². The van der Waals surface area contributed by atoms with Gasteiger partial charge < -0.3 is 9.47 Å². The van der Waals surface area contributed by atoms with Gasteiger partial charge in [0.2, 0.25) is 0 Å². The lowest BCUT2D eigenvalue weighted by molar-refractivity contribution is 0.414. The van der Waals surface area contributed by atoms with Gasteiger partial charge in [0.15, 0.2) is 0 Å². The third-order valence-corrected chi connectivity index (χ3v) is 9.34. The first-order chi connectivity index (χ1) is 23.7. The molecule has 0 heterocycles. The zero-order valence-corrected chi connectivity index (χ0v) is 27.0. The number of ether oxygens (including phenoxy) is 2. The fourth-order valence-corrected chi connectivity index (χ4v) is 6.86. The summed E-state index contributed by atoms with van der Waals surface area (Å²) < 4.78 is 11.1. The highest BCUT2D eigenvalue weighted by atomic mass is 16.5. The van der Waals surface area contributed by atoms with Crippen molar-refractivity contribution in [2.45, 2.75) is 0 Å². The van der Waals surface area contributed by atoms with Crippen molar-refractivity contribution < 1.29 is 9.47 Å². The zero-order chi connectivity index (χ0) is 32.5. The average Bonchev–Trinajstić information content (AvgIpc) is 3.17. The molecule has 0 aliphatic rings. The predicted octanol–water partition coefficient (Wildman–Crippen LogP) is 12.5. The fraction of sp³-hybridized carbons (Fsp3) is 0.0435. The highest BCUT2D eigenvalue weighted by Crippen LogP contribution is 2.39. The smallest absolute Gasteiger partial charge is 0.118 e. The molecule has 0 unspecified atom stereocenters. The van der Waals surface area contributed by atoms with E-state index in [1.54, 1.807) is 14.2 Å². The van der Waals surface area contributed by atoms with Crippen molar-refractivity contribution in [3.05, 3.63) is 170 Å². The van der Waals surface area contributed by atoms with Crippen molar-refractivity contribution in [2.75, 3.05) is 14.2 Å². The van der Waals surface area contributed by atoms with Crippen molar-refractivity contribution in [3.63, 3.8) is 0 Å².